The van der Waals surface area contributed by atoms with E-state index in [9.17, 15) is 0 Å². The highest BCUT2D eigenvalue weighted by molar-refractivity contribution is 5.17. The maximum atomic E-state index is 5.68. The number of hydrogen-bond acceptors (Lipinski definition) is 3. The smallest absolute Gasteiger partial charge is 0.122 e. The summed E-state index contributed by atoms with van der Waals surface area (Å²) in [6.07, 6.45) is 7.29. The molecule has 1 aliphatic heterocycles. The van der Waals surface area contributed by atoms with Gasteiger partial charge in [-0.3, -0.25) is 4.90 Å². The lowest BCUT2D eigenvalue weighted by molar-refractivity contribution is 0.189. The molecule has 3 rings (SSSR count). The minimum atomic E-state index is 0.830. The van der Waals surface area contributed by atoms with Crippen LogP contribution in [-0.4, -0.2) is 24.0 Å². The van der Waals surface area contributed by atoms with Crippen LogP contribution in [0.15, 0.2) is 16.7 Å². The van der Waals surface area contributed by atoms with Gasteiger partial charge in [0.15, 0.2) is 0 Å². The first-order chi connectivity index (χ1) is 8.86. The standard InChI is InChI=1S/C15H24N2O/c1-2-6-16-9-13-5-7-18-15(13)11-17-10-12-3-4-14(17)8-12/h5,7,12,14,16H,2-4,6,8-11H2,1H3. The quantitative estimate of drug-likeness (QED) is 0.785. The molecule has 1 aliphatic carbocycles. The zero-order valence-corrected chi connectivity index (χ0v) is 11.3. The van der Waals surface area contributed by atoms with E-state index in [1.54, 1.807) is 0 Å². The maximum absolute atomic E-state index is 5.68. The second-order valence-electron chi connectivity index (χ2n) is 5.81. The molecule has 2 aliphatic rings. The molecule has 0 amide bonds. The summed E-state index contributed by atoms with van der Waals surface area (Å²) in [5.41, 5.74) is 1.34. The first-order valence-electron chi connectivity index (χ1n) is 7.37. The predicted octanol–water partition coefficient (Wildman–Crippen LogP) is 2.76. The van der Waals surface area contributed by atoms with Gasteiger partial charge in [0.1, 0.15) is 5.76 Å². The molecule has 2 heterocycles. The molecule has 2 unspecified atom stereocenters. The van der Waals surface area contributed by atoms with Crippen LogP contribution in [0.2, 0.25) is 0 Å². The van der Waals surface area contributed by atoms with Crippen LogP contribution in [0.25, 0.3) is 0 Å². The maximum Gasteiger partial charge on any atom is 0.122 e. The molecule has 2 atom stereocenters. The number of furan rings is 1. The van der Waals surface area contributed by atoms with Crippen molar-refractivity contribution in [3.8, 4) is 0 Å². The number of nitrogens with zero attached hydrogens (tertiary/aromatic N) is 1. The van der Waals surface area contributed by atoms with Crippen LogP contribution in [-0.2, 0) is 13.1 Å². The zero-order valence-electron chi connectivity index (χ0n) is 11.3. The van der Waals surface area contributed by atoms with Crippen molar-refractivity contribution in [2.24, 2.45) is 5.92 Å². The third-order valence-corrected chi connectivity index (χ3v) is 4.45. The normalized spacial score (nSPS) is 27.2. The van der Waals surface area contributed by atoms with Gasteiger partial charge in [-0.25, -0.2) is 0 Å². The molecule has 1 N–H and O–H groups in total. The van der Waals surface area contributed by atoms with Crippen molar-refractivity contribution in [2.75, 3.05) is 13.1 Å². The Morgan fingerprint density at radius 2 is 2.39 bits per heavy atom. The van der Waals surface area contributed by atoms with Crippen molar-refractivity contribution in [3.63, 3.8) is 0 Å². The Balaban J connectivity index is 1.57. The predicted molar refractivity (Wildman–Crippen MR) is 72.2 cm³/mol. The lowest BCUT2D eigenvalue weighted by atomic mass is 10.1. The van der Waals surface area contributed by atoms with Crippen LogP contribution >= 0.6 is 0 Å². The van der Waals surface area contributed by atoms with Crippen LogP contribution in [0.5, 0.6) is 0 Å². The fourth-order valence-electron chi connectivity index (χ4n) is 3.47. The molecule has 1 saturated heterocycles. The molecule has 0 aromatic carbocycles. The second-order valence-corrected chi connectivity index (χ2v) is 5.81. The van der Waals surface area contributed by atoms with E-state index in [1.807, 2.05) is 6.26 Å². The van der Waals surface area contributed by atoms with E-state index >= 15 is 0 Å². The van der Waals surface area contributed by atoms with Gasteiger partial charge in [0, 0.05) is 24.7 Å². The van der Waals surface area contributed by atoms with Crippen molar-refractivity contribution < 1.29 is 4.42 Å². The van der Waals surface area contributed by atoms with Crippen LogP contribution in [0.1, 0.15) is 43.9 Å². The molecule has 100 valence electrons. The molecule has 1 saturated carbocycles. The topological polar surface area (TPSA) is 28.4 Å². The van der Waals surface area contributed by atoms with Gasteiger partial charge in [-0.05, 0) is 44.2 Å². The minimum absolute atomic E-state index is 0.830. The lowest BCUT2D eigenvalue weighted by Gasteiger charge is -2.26. The van der Waals surface area contributed by atoms with Gasteiger partial charge in [0.25, 0.3) is 0 Å². The first-order valence-corrected chi connectivity index (χ1v) is 7.37. The van der Waals surface area contributed by atoms with Gasteiger partial charge < -0.3 is 9.73 Å². The number of nitrogens with one attached hydrogen (secondary N) is 1. The second kappa shape index (κ2) is 5.45. The molecule has 1 aromatic rings. The Morgan fingerprint density at radius 3 is 3.11 bits per heavy atom. The summed E-state index contributed by atoms with van der Waals surface area (Å²) < 4.78 is 5.68. The number of rotatable bonds is 6. The van der Waals surface area contributed by atoms with Crippen LogP contribution in [0.3, 0.4) is 0 Å². The van der Waals surface area contributed by atoms with E-state index in [2.05, 4.69) is 23.2 Å². The monoisotopic (exact) mass is 248 g/mol. The Kier molecular flexibility index (Phi) is 3.71. The summed E-state index contributed by atoms with van der Waals surface area (Å²) in [6.45, 7) is 6.52. The van der Waals surface area contributed by atoms with Crippen molar-refractivity contribution in [3.05, 3.63) is 23.7 Å². The van der Waals surface area contributed by atoms with E-state index in [0.29, 0.717) is 0 Å². The average Bonchev–Trinajstić information content (AvgIpc) is 3.07. The fourth-order valence-corrected chi connectivity index (χ4v) is 3.47. The minimum Gasteiger partial charge on any atom is -0.468 e. The van der Waals surface area contributed by atoms with Gasteiger partial charge in [-0.2, -0.15) is 0 Å². The molecule has 3 heteroatoms. The number of likely N-dealkylation sites (tertiary alicyclic amines) is 1. The van der Waals surface area contributed by atoms with E-state index in [4.69, 9.17) is 4.42 Å². The molecule has 2 fully saturated rings. The van der Waals surface area contributed by atoms with Crippen LogP contribution in [0.4, 0.5) is 0 Å². The molecule has 18 heavy (non-hydrogen) atoms. The largest absolute Gasteiger partial charge is 0.468 e. The van der Waals surface area contributed by atoms with E-state index < -0.39 is 0 Å². The lowest BCUT2D eigenvalue weighted by Crippen LogP contribution is -2.31. The highest BCUT2D eigenvalue weighted by Gasteiger charge is 2.37. The van der Waals surface area contributed by atoms with Gasteiger partial charge in [0.2, 0.25) is 0 Å². The number of fused-ring (bicyclic) bond motifs is 2. The first kappa shape index (κ1) is 12.2. The Bertz CT molecular complexity index is 388. The summed E-state index contributed by atoms with van der Waals surface area (Å²) in [6, 6.07) is 2.95. The highest BCUT2D eigenvalue weighted by Crippen LogP contribution is 2.38. The van der Waals surface area contributed by atoms with Crippen molar-refractivity contribution in [1.82, 2.24) is 10.2 Å². The zero-order chi connectivity index (χ0) is 12.4. The molecular formula is C15H24N2O. The SMILES string of the molecule is CCCNCc1ccoc1CN1CC2CCC1C2. The fraction of sp³-hybridized carbons (Fsp3) is 0.733. The molecule has 0 radical (unpaired) electrons. The van der Waals surface area contributed by atoms with Crippen molar-refractivity contribution >= 4 is 0 Å². The van der Waals surface area contributed by atoms with E-state index in [0.717, 1.165) is 31.6 Å². The van der Waals surface area contributed by atoms with Gasteiger partial charge in [-0.15, -0.1) is 0 Å². The molecule has 2 bridgehead atoms. The van der Waals surface area contributed by atoms with E-state index in [-0.39, 0.29) is 0 Å². The number of piperidine rings is 1. The summed E-state index contributed by atoms with van der Waals surface area (Å²) in [5, 5.41) is 3.46. The molecule has 3 nitrogen and oxygen atoms in total. The summed E-state index contributed by atoms with van der Waals surface area (Å²) in [4.78, 5) is 2.62. The summed E-state index contributed by atoms with van der Waals surface area (Å²) in [5.74, 6) is 2.14. The van der Waals surface area contributed by atoms with Gasteiger partial charge in [0.05, 0.1) is 12.8 Å². The number of hydrogen-bond donors (Lipinski definition) is 1. The highest BCUT2D eigenvalue weighted by atomic mass is 16.3. The van der Waals surface area contributed by atoms with Gasteiger partial charge in [-0.1, -0.05) is 6.92 Å². The van der Waals surface area contributed by atoms with Crippen molar-refractivity contribution in [1.29, 1.82) is 0 Å². The molecule has 1 aromatic heterocycles. The summed E-state index contributed by atoms with van der Waals surface area (Å²) >= 11 is 0. The Hall–Kier alpha value is -0.800. The average molecular weight is 248 g/mol. The third kappa shape index (κ3) is 2.47. The Labute approximate surface area is 110 Å². The Morgan fingerprint density at radius 1 is 1.44 bits per heavy atom. The molecular weight excluding hydrogens is 224 g/mol. The van der Waals surface area contributed by atoms with Crippen LogP contribution < -0.4 is 5.32 Å². The van der Waals surface area contributed by atoms with Crippen LogP contribution in [0, 0.1) is 5.92 Å². The summed E-state index contributed by atoms with van der Waals surface area (Å²) in [7, 11) is 0. The molecule has 0 spiro atoms. The van der Waals surface area contributed by atoms with Crippen molar-refractivity contribution in [2.45, 2.75) is 51.7 Å². The van der Waals surface area contributed by atoms with E-state index in [1.165, 1.54) is 43.6 Å². The third-order valence-electron chi connectivity index (χ3n) is 4.45. The van der Waals surface area contributed by atoms with Gasteiger partial charge >= 0.3 is 0 Å².